The molecule has 1 fully saturated rings. The molecule has 1 aliphatic rings. The number of aromatic hydroxyl groups is 1. The Bertz CT molecular complexity index is 666. The molecule has 1 saturated heterocycles. The number of hydrogen-bond acceptors (Lipinski definition) is 6. The van der Waals surface area contributed by atoms with Crippen LogP contribution >= 0.6 is 12.2 Å². The van der Waals surface area contributed by atoms with E-state index in [4.69, 9.17) is 0 Å². The number of carboxylic acid groups (broad SMARTS) is 1. The number of nitrogens with zero attached hydrogens (tertiary/aromatic N) is 1. The molecule has 1 aliphatic heterocycles. The molecular formula is C14H13N3O5S. The lowest BCUT2D eigenvalue weighted by atomic mass is 10.1. The lowest BCUT2D eigenvalue weighted by molar-refractivity contribution is -0.138. The van der Waals surface area contributed by atoms with Crippen LogP contribution in [0, 0.1) is 5.92 Å². The van der Waals surface area contributed by atoms with Crippen molar-refractivity contribution in [1.29, 1.82) is 0 Å². The number of amides is 2. The van der Waals surface area contributed by atoms with Crippen LogP contribution in [-0.4, -0.2) is 45.4 Å². The Morgan fingerprint density at radius 3 is 2.35 bits per heavy atom. The summed E-state index contributed by atoms with van der Waals surface area (Å²) in [6.07, 6.45) is 1.06. The van der Waals surface area contributed by atoms with Crippen molar-refractivity contribution in [2.75, 3.05) is 0 Å². The van der Waals surface area contributed by atoms with Crippen LogP contribution in [0.2, 0.25) is 0 Å². The fraction of sp³-hybridized carbons (Fsp3) is 0.214. The minimum Gasteiger partial charge on any atom is -0.508 e. The number of rotatable bonds is 5. The second-order valence-corrected chi connectivity index (χ2v) is 5.22. The highest BCUT2D eigenvalue weighted by atomic mass is 32.1. The second kappa shape index (κ2) is 6.97. The number of carboxylic acids is 1. The molecule has 9 heteroatoms. The van der Waals surface area contributed by atoms with Gasteiger partial charge >= 0.3 is 5.97 Å². The summed E-state index contributed by atoms with van der Waals surface area (Å²) in [4.78, 5) is 38.4. The normalized spacial score (nSPS) is 17.0. The molecule has 2 rings (SSSR count). The summed E-state index contributed by atoms with van der Waals surface area (Å²) < 4.78 is 0. The van der Waals surface area contributed by atoms with Gasteiger partial charge in [-0.1, -0.05) is 12.1 Å². The largest absolute Gasteiger partial charge is 0.508 e. The molecule has 1 heterocycles. The van der Waals surface area contributed by atoms with E-state index in [9.17, 15) is 24.6 Å². The topological polar surface area (TPSA) is 128 Å². The third-order valence-corrected chi connectivity index (χ3v) is 3.31. The maximum atomic E-state index is 11.7. The Morgan fingerprint density at radius 1 is 1.26 bits per heavy atom. The first-order valence-electron chi connectivity index (χ1n) is 6.56. The van der Waals surface area contributed by atoms with E-state index < -0.39 is 29.7 Å². The van der Waals surface area contributed by atoms with Gasteiger partial charge in [-0.15, -0.1) is 0 Å². The highest BCUT2D eigenvalue weighted by Crippen LogP contribution is 2.13. The van der Waals surface area contributed by atoms with Gasteiger partial charge in [0.15, 0.2) is 17.1 Å². The monoisotopic (exact) mass is 335 g/mol. The SMILES string of the molecule is O=C1NC(=S)NC(=O)C1C=N[C@@H](Cc1ccc(O)cc1)C(=O)O. The Balaban J connectivity index is 2.11. The summed E-state index contributed by atoms with van der Waals surface area (Å²) in [7, 11) is 0. The minimum absolute atomic E-state index is 0.0560. The van der Waals surface area contributed by atoms with Gasteiger partial charge in [-0.05, 0) is 29.9 Å². The number of hydrogen-bond donors (Lipinski definition) is 4. The highest BCUT2D eigenvalue weighted by Gasteiger charge is 2.31. The molecule has 4 N–H and O–H groups in total. The molecular weight excluding hydrogens is 322 g/mol. The quantitative estimate of drug-likeness (QED) is 0.329. The van der Waals surface area contributed by atoms with Crippen molar-refractivity contribution >= 4 is 41.3 Å². The van der Waals surface area contributed by atoms with Crippen LogP contribution in [0.3, 0.4) is 0 Å². The van der Waals surface area contributed by atoms with Gasteiger partial charge in [-0.25, -0.2) is 4.79 Å². The van der Waals surface area contributed by atoms with E-state index in [0.717, 1.165) is 6.21 Å². The number of thiocarbonyl (C=S) groups is 1. The minimum atomic E-state index is -1.23. The number of aliphatic imine (C=N–C) groups is 1. The maximum absolute atomic E-state index is 11.7. The Labute approximate surface area is 136 Å². The van der Waals surface area contributed by atoms with E-state index >= 15 is 0 Å². The van der Waals surface area contributed by atoms with Crippen LogP contribution in [0.4, 0.5) is 0 Å². The van der Waals surface area contributed by atoms with Gasteiger partial charge in [0.1, 0.15) is 5.75 Å². The van der Waals surface area contributed by atoms with Crippen LogP contribution in [0.15, 0.2) is 29.3 Å². The number of phenolic OH excluding ortho intramolecular Hbond substituents is 1. The van der Waals surface area contributed by atoms with Gasteiger partial charge in [-0.2, -0.15) is 0 Å². The van der Waals surface area contributed by atoms with Crippen LogP contribution < -0.4 is 10.6 Å². The molecule has 0 bridgehead atoms. The molecule has 2 amide bonds. The Morgan fingerprint density at radius 2 is 1.83 bits per heavy atom. The first-order chi connectivity index (χ1) is 10.9. The van der Waals surface area contributed by atoms with Crippen molar-refractivity contribution < 1.29 is 24.6 Å². The summed E-state index contributed by atoms with van der Waals surface area (Å²) >= 11 is 4.66. The molecule has 0 aromatic heterocycles. The predicted molar refractivity (Wildman–Crippen MR) is 84.1 cm³/mol. The predicted octanol–water partition coefficient (Wildman–Crippen LogP) is -0.394. The van der Waals surface area contributed by atoms with Crippen molar-refractivity contribution in [1.82, 2.24) is 10.6 Å². The summed E-state index contributed by atoms with van der Waals surface area (Å²) in [5.74, 6) is -3.67. The zero-order chi connectivity index (χ0) is 17.0. The van der Waals surface area contributed by atoms with Crippen molar-refractivity contribution in [3.8, 4) is 5.75 Å². The fourth-order valence-corrected chi connectivity index (χ4v) is 2.12. The lowest BCUT2D eigenvalue weighted by Gasteiger charge is -2.19. The third-order valence-electron chi connectivity index (χ3n) is 3.10. The smallest absolute Gasteiger partial charge is 0.328 e. The molecule has 1 aromatic rings. The Kier molecular flexibility index (Phi) is 5.02. The number of aliphatic carboxylic acids is 1. The zero-order valence-corrected chi connectivity index (χ0v) is 12.5. The molecule has 0 saturated carbocycles. The Hall–Kier alpha value is -2.81. The average Bonchev–Trinajstić information content (AvgIpc) is 2.46. The van der Waals surface area contributed by atoms with Gasteiger partial charge in [-0.3, -0.25) is 14.6 Å². The zero-order valence-electron chi connectivity index (χ0n) is 11.7. The number of carbonyl (C=O) groups is 3. The standard InChI is InChI=1S/C14H13N3O5S/c18-8-3-1-7(2-4-8)5-10(13(21)22)15-6-9-11(19)16-14(23)17-12(9)20/h1-4,6,9-10,18H,5H2,(H,21,22)(H2,16,17,19,20,23)/t10-/m0/s1. The molecule has 0 unspecified atom stereocenters. The van der Waals surface area contributed by atoms with E-state index in [1.165, 1.54) is 12.1 Å². The first kappa shape index (κ1) is 16.6. The van der Waals surface area contributed by atoms with Gasteiger partial charge < -0.3 is 20.8 Å². The number of benzene rings is 1. The molecule has 0 aliphatic carbocycles. The summed E-state index contributed by atoms with van der Waals surface area (Å²) in [6, 6.07) is 4.84. The molecule has 23 heavy (non-hydrogen) atoms. The lowest BCUT2D eigenvalue weighted by Crippen LogP contribution is -2.56. The first-order valence-corrected chi connectivity index (χ1v) is 6.97. The van der Waals surface area contributed by atoms with E-state index in [1.807, 2.05) is 0 Å². The van der Waals surface area contributed by atoms with Crippen molar-refractivity contribution in [3.63, 3.8) is 0 Å². The molecule has 1 aromatic carbocycles. The van der Waals surface area contributed by atoms with Crippen LogP contribution in [0.5, 0.6) is 5.75 Å². The number of carbonyl (C=O) groups excluding carboxylic acids is 2. The molecule has 120 valence electrons. The number of phenols is 1. The third kappa shape index (κ3) is 4.33. The second-order valence-electron chi connectivity index (χ2n) is 4.81. The van der Waals surface area contributed by atoms with Gasteiger partial charge in [0, 0.05) is 12.6 Å². The van der Waals surface area contributed by atoms with Gasteiger partial charge in [0.05, 0.1) is 0 Å². The molecule has 1 atom stereocenters. The molecule has 0 spiro atoms. The summed E-state index contributed by atoms with van der Waals surface area (Å²) in [5.41, 5.74) is 0.645. The van der Waals surface area contributed by atoms with E-state index in [1.54, 1.807) is 12.1 Å². The molecule has 0 radical (unpaired) electrons. The van der Waals surface area contributed by atoms with E-state index in [0.29, 0.717) is 5.56 Å². The van der Waals surface area contributed by atoms with Crippen LogP contribution in [-0.2, 0) is 20.8 Å². The van der Waals surface area contributed by atoms with Crippen molar-refractivity contribution in [2.45, 2.75) is 12.5 Å². The van der Waals surface area contributed by atoms with E-state index in [2.05, 4.69) is 27.8 Å². The van der Waals surface area contributed by atoms with Crippen LogP contribution in [0.1, 0.15) is 5.56 Å². The van der Waals surface area contributed by atoms with Gasteiger partial charge in [0.25, 0.3) is 0 Å². The molecule has 8 nitrogen and oxygen atoms in total. The van der Waals surface area contributed by atoms with Crippen molar-refractivity contribution in [2.24, 2.45) is 10.9 Å². The summed E-state index contributed by atoms with van der Waals surface area (Å²) in [5, 5.41) is 22.8. The van der Waals surface area contributed by atoms with Gasteiger partial charge in [0.2, 0.25) is 11.8 Å². The average molecular weight is 335 g/mol. The van der Waals surface area contributed by atoms with Crippen LogP contribution in [0.25, 0.3) is 0 Å². The summed E-state index contributed by atoms with van der Waals surface area (Å²) in [6.45, 7) is 0. The highest BCUT2D eigenvalue weighted by molar-refractivity contribution is 7.80. The van der Waals surface area contributed by atoms with Crippen molar-refractivity contribution in [3.05, 3.63) is 29.8 Å². The maximum Gasteiger partial charge on any atom is 0.328 e. The number of nitrogens with one attached hydrogen (secondary N) is 2. The van der Waals surface area contributed by atoms with E-state index in [-0.39, 0.29) is 17.3 Å². The fourth-order valence-electron chi connectivity index (χ4n) is 1.91.